The van der Waals surface area contributed by atoms with Crippen LogP contribution < -0.4 is 0 Å². The lowest BCUT2D eigenvalue weighted by Gasteiger charge is -2.35. The van der Waals surface area contributed by atoms with Gasteiger partial charge < -0.3 is 9.42 Å². The highest BCUT2D eigenvalue weighted by Gasteiger charge is 2.28. The summed E-state index contributed by atoms with van der Waals surface area (Å²) in [6.07, 6.45) is 4.12. The van der Waals surface area contributed by atoms with Crippen LogP contribution in [0, 0.1) is 6.92 Å². The van der Waals surface area contributed by atoms with Crippen molar-refractivity contribution in [1.82, 2.24) is 10.1 Å². The zero-order chi connectivity index (χ0) is 12.3. The van der Waals surface area contributed by atoms with Crippen LogP contribution in [0.25, 0.3) is 0 Å². The molecular formula is C12H17ClN2O2. The fourth-order valence-electron chi connectivity index (χ4n) is 2.31. The Hall–Kier alpha value is -1.03. The average Bonchev–Trinajstić information content (AvgIpc) is 2.76. The van der Waals surface area contributed by atoms with Gasteiger partial charge in [-0.3, -0.25) is 4.79 Å². The molecule has 0 aromatic carbocycles. The minimum Gasteiger partial charge on any atom is -0.361 e. The third-order valence-electron chi connectivity index (χ3n) is 3.18. The normalized spacial score (nSPS) is 20.6. The second kappa shape index (κ2) is 5.54. The number of hydrogen-bond donors (Lipinski definition) is 0. The first kappa shape index (κ1) is 12.4. The average molecular weight is 257 g/mol. The first-order valence-corrected chi connectivity index (χ1v) is 6.56. The molecule has 5 heteroatoms. The summed E-state index contributed by atoms with van der Waals surface area (Å²) in [5, 5.41) is 3.79. The van der Waals surface area contributed by atoms with Crippen molar-refractivity contribution in [2.75, 3.05) is 12.4 Å². The van der Waals surface area contributed by atoms with Crippen LogP contribution in [0.4, 0.5) is 0 Å². The molecule has 4 nitrogen and oxygen atoms in total. The quantitative estimate of drug-likeness (QED) is 0.781. The van der Waals surface area contributed by atoms with Crippen LogP contribution in [0.2, 0.25) is 0 Å². The number of carbonyl (C=O) groups excluding carboxylic acids is 1. The molecule has 1 fully saturated rings. The van der Waals surface area contributed by atoms with Crippen molar-refractivity contribution < 1.29 is 9.32 Å². The van der Waals surface area contributed by atoms with Crippen LogP contribution in [0.3, 0.4) is 0 Å². The molecule has 0 saturated carbocycles. The standard InChI is InChI=1S/C12H17ClN2O2/c1-9-8-11(14-17-9)12(16)15-7-3-2-4-10(15)5-6-13/h8,10H,2-7H2,1H3. The Balaban J connectivity index is 2.10. The van der Waals surface area contributed by atoms with Gasteiger partial charge in [0.05, 0.1) is 0 Å². The second-order valence-corrected chi connectivity index (χ2v) is 4.83. The van der Waals surface area contributed by atoms with E-state index in [4.69, 9.17) is 16.1 Å². The van der Waals surface area contributed by atoms with E-state index in [0.29, 0.717) is 17.3 Å². The predicted octanol–water partition coefficient (Wildman–Crippen LogP) is 2.61. The Morgan fingerprint density at radius 2 is 2.47 bits per heavy atom. The Kier molecular flexibility index (Phi) is 4.05. The number of alkyl halides is 1. The predicted molar refractivity (Wildman–Crippen MR) is 65.3 cm³/mol. The van der Waals surface area contributed by atoms with E-state index in [1.165, 1.54) is 6.42 Å². The molecule has 2 heterocycles. The van der Waals surface area contributed by atoms with Crippen molar-refractivity contribution in [1.29, 1.82) is 0 Å². The Bertz CT molecular complexity index is 390. The van der Waals surface area contributed by atoms with Crippen molar-refractivity contribution in [2.45, 2.75) is 38.6 Å². The maximum Gasteiger partial charge on any atom is 0.276 e. The fraction of sp³-hybridized carbons (Fsp3) is 0.667. The maximum absolute atomic E-state index is 12.3. The fourth-order valence-corrected chi connectivity index (χ4v) is 2.56. The molecule has 0 bridgehead atoms. The highest BCUT2D eigenvalue weighted by molar-refractivity contribution is 6.17. The number of rotatable bonds is 3. The highest BCUT2D eigenvalue weighted by atomic mass is 35.5. The van der Waals surface area contributed by atoms with E-state index in [-0.39, 0.29) is 11.9 Å². The van der Waals surface area contributed by atoms with Gasteiger partial charge >= 0.3 is 0 Å². The van der Waals surface area contributed by atoms with Gasteiger partial charge in [-0.2, -0.15) is 0 Å². The summed E-state index contributed by atoms with van der Waals surface area (Å²) in [5.41, 5.74) is 0.406. The van der Waals surface area contributed by atoms with Crippen molar-refractivity contribution in [3.8, 4) is 0 Å². The molecule has 1 aliphatic rings. The van der Waals surface area contributed by atoms with Crippen LogP contribution in [-0.2, 0) is 0 Å². The molecule has 0 N–H and O–H groups in total. The molecule has 17 heavy (non-hydrogen) atoms. The third-order valence-corrected chi connectivity index (χ3v) is 3.40. The van der Waals surface area contributed by atoms with Crippen LogP contribution in [0.15, 0.2) is 10.6 Å². The number of aryl methyl sites for hydroxylation is 1. The molecule has 1 aromatic heterocycles. The Morgan fingerprint density at radius 3 is 3.12 bits per heavy atom. The number of nitrogens with zero attached hydrogens (tertiary/aromatic N) is 2. The number of aromatic nitrogens is 1. The van der Waals surface area contributed by atoms with E-state index in [0.717, 1.165) is 25.8 Å². The van der Waals surface area contributed by atoms with E-state index in [1.807, 2.05) is 4.90 Å². The summed E-state index contributed by atoms with van der Waals surface area (Å²) in [6, 6.07) is 1.94. The zero-order valence-electron chi connectivity index (χ0n) is 9.99. The molecule has 0 aliphatic carbocycles. The summed E-state index contributed by atoms with van der Waals surface area (Å²) in [4.78, 5) is 14.2. The monoisotopic (exact) mass is 256 g/mol. The first-order valence-electron chi connectivity index (χ1n) is 6.02. The molecule has 94 valence electrons. The summed E-state index contributed by atoms with van der Waals surface area (Å²) < 4.78 is 4.95. The van der Waals surface area contributed by atoms with Gasteiger partial charge in [0.1, 0.15) is 5.76 Å². The number of halogens is 1. The Morgan fingerprint density at radius 1 is 1.65 bits per heavy atom. The van der Waals surface area contributed by atoms with Gasteiger partial charge in [-0.15, -0.1) is 11.6 Å². The Labute approximate surface area is 106 Å². The van der Waals surface area contributed by atoms with E-state index in [1.54, 1.807) is 13.0 Å². The molecule has 1 aromatic rings. The third kappa shape index (κ3) is 2.80. The molecule has 1 saturated heterocycles. The lowest BCUT2D eigenvalue weighted by Crippen LogP contribution is -2.44. The molecule has 1 amide bonds. The van der Waals surface area contributed by atoms with Gasteiger partial charge in [0, 0.05) is 24.5 Å². The zero-order valence-corrected chi connectivity index (χ0v) is 10.7. The van der Waals surface area contributed by atoms with Gasteiger partial charge in [0.25, 0.3) is 5.91 Å². The van der Waals surface area contributed by atoms with E-state index < -0.39 is 0 Å². The number of piperidine rings is 1. The molecule has 2 rings (SSSR count). The maximum atomic E-state index is 12.3. The van der Waals surface area contributed by atoms with Gasteiger partial charge in [-0.25, -0.2) is 0 Å². The lowest BCUT2D eigenvalue weighted by atomic mass is 9.99. The summed E-state index contributed by atoms with van der Waals surface area (Å²) in [6.45, 7) is 2.59. The molecule has 1 aliphatic heterocycles. The van der Waals surface area contributed by atoms with Crippen LogP contribution >= 0.6 is 11.6 Å². The number of hydrogen-bond acceptors (Lipinski definition) is 3. The second-order valence-electron chi connectivity index (χ2n) is 4.45. The van der Waals surface area contributed by atoms with Crippen molar-refractivity contribution in [3.05, 3.63) is 17.5 Å². The summed E-state index contributed by atoms with van der Waals surface area (Å²) in [5.74, 6) is 1.22. The number of amides is 1. The van der Waals surface area contributed by atoms with Crippen molar-refractivity contribution in [3.63, 3.8) is 0 Å². The minimum absolute atomic E-state index is 0.0309. The molecule has 1 atom stereocenters. The number of likely N-dealkylation sites (tertiary alicyclic amines) is 1. The van der Waals surface area contributed by atoms with Crippen molar-refractivity contribution >= 4 is 17.5 Å². The van der Waals surface area contributed by atoms with Crippen LogP contribution in [-0.4, -0.2) is 34.4 Å². The van der Waals surface area contributed by atoms with Crippen LogP contribution in [0.5, 0.6) is 0 Å². The van der Waals surface area contributed by atoms with Gasteiger partial charge in [0.15, 0.2) is 5.69 Å². The first-order chi connectivity index (χ1) is 8.22. The highest BCUT2D eigenvalue weighted by Crippen LogP contribution is 2.22. The topological polar surface area (TPSA) is 46.3 Å². The number of carbonyl (C=O) groups is 1. The summed E-state index contributed by atoms with van der Waals surface area (Å²) >= 11 is 5.78. The largest absolute Gasteiger partial charge is 0.361 e. The van der Waals surface area contributed by atoms with Gasteiger partial charge in [-0.05, 0) is 32.6 Å². The molecule has 0 spiro atoms. The summed E-state index contributed by atoms with van der Waals surface area (Å²) in [7, 11) is 0. The van der Waals surface area contributed by atoms with E-state index in [2.05, 4.69) is 5.16 Å². The molecular weight excluding hydrogens is 240 g/mol. The minimum atomic E-state index is -0.0309. The van der Waals surface area contributed by atoms with E-state index in [9.17, 15) is 4.79 Å². The van der Waals surface area contributed by atoms with Gasteiger partial charge in [0.2, 0.25) is 0 Å². The van der Waals surface area contributed by atoms with Crippen LogP contribution in [0.1, 0.15) is 41.9 Å². The SMILES string of the molecule is Cc1cc(C(=O)N2CCCCC2CCCl)no1. The lowest BCUT2D eigenvalue weighted by molar-refractivity contribution is 0.0598. The van der Waals surface area contributed by atoms with Gasteiger partial charge in [-0.1, -0.05) is 5.16 Å². The van der Waals surface area contributed by atoms with Crippen molar-refractivity contribution in [2.24, 2.45) is 0 Å². The van der Waals surface area contributed by atoms with E-state index >= 15 is 0 Å². The smallest absolute Gasteiger partial charge is 0.276 e. The molecule has 1 unspecified atom stereocenters. The molecule has 0 radical (unpaired) electrons.